The lowest BCUT2D eigenvalue weighted by molar-refractivity contribution is -0.111. The van der Waals surface area contributed by atoms with Crippen molar-refractivity contribution < 1.29 is 18.7 Å². The van der Waals surface area contributed by atoms with E-state index in [1.807, 2.05) is 6.92 Å². The molecule has 4 nitrogen and oxygen atoms in total. The Balaban J connectivity index is 2.16. The number of anilines is 1. The average Bonchev–Trinajstić information content (AvgIpc) is 2.58. The molecule has 0 aliphatic heterocycles. The van der Waals surface area contributed by atoms with E-state index in [2.05, 4.69) is 5.32 Å². The largest absolute Gasteiger partial charge is 0.493 e. The fraction of sp³-hybridized carbons (Fsp3) is 0.211. The van der Waals surface area contributed by atoms with Crippen LogP contribution in [0.1, 0.15) is 18.1 Å². The van der Waals surface area contributed by atoms with Crippen molar-refractivity contribution in [2.75, 3.05) is 19.0 Å². The number of hydrogen-bond acceptors (Lipinski definition) is 3. The van der Waals surface area contributed by atoms with Crippen LogP contribution in [0.2, 0.25) is 5.02 Å². The number of aryl methyl sites for hydroxylation is 1. The van der Waals surface area contributed by atoms with Gasteiger partial charge in [0.2, 0.25) is 5.91 Å². The number of nitrogens with one attached hydrogen (secondary N) is 1. The number of amides is 1. The van der Waals surface area contributed by atoms with Crippen molar-refractivity contribution in [3.63, 3.8) is 0 Å². The van der Waals surface area contributed by atoms with Crippen LogP contribution >= 0.6 is 11.6 Å². The Hall–Kier alpha value is -2.53. The Labute approximate surface area is 151 Å². The summed E-state index contributed by atoms with van der Waals surface area (Å²) < 4.78 is 24.0. The van der Waals surface area contributed by atoms with Gasteiger partial charge in [0.1, 0.15) is 5.82 Å². The summed E-state index contributed by atoms with van der Waals surface area (Å²) in [5, 5.41) is 3.03. The van der Waals surface area contributed by atoms with Crippen molar-refractivity contribution in [3.8, 4) is 11.5 Å². The summed E-state index contributed by atoms with van der Waals surface area (Å²) in [7, 11) is 1.51. The zero-order valence-corrected chi connectivity index (χ0v) is 15.0. The predicted octanol–water partition coefficient (Wildman–Crippen LogP) is 4.85. The van der Waals surface area contributed by atoms with Gasteiger partial charge in [0, 0.05) is 11.8 Å². The van der Waals surface area contributed by atoms with Gasteiger partial charge in [-0.2, -0.15) is 0 Å². The molecule has 0 aliphatic rings. The van der Waals surface area contributed by atoms with Crippen LogP contribution in [0, 0.1) is 12.7 Å². The van der Waals surface area contributed by atoms with Crippen LogP contribution in [0.25, 0.3) is 6.08 Å². The molecule has 2 aromatic carbocycles. The van der Waals surface area contributed by atoms with Crippen molar-refractivity contribution in [1.29, 1.82) is 0 Å². The van der Waals surface area contributed by atoms with Crippen molar-refractivity contribution in [3.05, 3.63) is 58.4 Å². The van der Waals surface area contributed by atoms with Crippen LogP contribution < -0.4 is 14.8 Å². The third-order valence-electron chi connectivity index (χ3n) is 3.43. The maximum Gasteiger partial charge on any atom is 0.248 e. The minimum atomic E-state index is -0.409. The summed E-state index contributed by atoms with van der Waals surface area (Å²) in [5.41, 5.74) is 1.88. The smallest absolute Gasteiger partial charge is 0.248 e. The molecule has 0 atom stereocenters. The first kappa shape index (κ1) is 18.8. The van der Waals surface area contributed by atoms with Crippen LogP contribution in [0.15, 0.2) is 36.4 Å². The van der Waals surface area contributed by atoms with E-state index < -0.39 is 5.82 Å². The second-order valence-electron chi connectivity index (χ2n) is 5.25. The van der Waals surface area contributed by atoms with E-state index in [0.717, 1.165) is 5.56 Å². The van der Waals surface area contributed by atoms with Crippen LogP contribution in [-0.2, 0) is 4.79 Å². The van der Waals surface area contributed by atoms with E-state index >= 15 is 0 Å². The Bertz CT molecular complexity index is 805. The summed E-state index contributed by atoms with van der Waals surface area (Å²) in [4.78, 5) is 12.0. The molecule has 0 unspecified atom stereocenters. The summed E-state index contributed by atoms with van der Waals surface area (Å²) in [5.74, 6) is 0.157. The highest BCUT2D eigenvalue weighted by atomic mass is 35.5. The fourth-order valence-corrected chi connectivity index (χ4v) is 2.47. The van der Waals surface area contributed by atoms with E-state index in [1.54, 1.807) is 31.2 Å². The average molecular weight is 364 g/mol. The third kappa shape index (κ3) is 4.97. The van der Waals surface area contributed by atoms with Gasteiger partial charge in [-0.25, -0.2) is 4.39 Å². The molecule has 1 N–H and O–H groups in total. The normalized spacial score (nSPS) is 10.8. The van der Waals surface area contributed by atoms with Crippen molar-refractivity contribution in [1.82, 2.24) is 0 Å². The number of carbonyl (C=O) groups is 1. The zero-order chi connectivity index (χ0) is 18.4. The lowest BCUT2D eigenvalue weighted by Crippen LogP contribution is -2.09. The molecule has 2 aromatic rings. The molecule has 0 fully saturated rings. The summed E-state index contributed by atoms with van der Waals surface area (Å²) >= 11 is 6.19. The number of hydrogen-bond donors (Lipinski definition) is 1. The van der Waals surface area contributed by atoms with Gasteiger partial charge in [0.05, 0.1) is 18.7 Å². The highest BCUT2D eigenvalue weighted by molar-refractivity contribution is 6.32. The number of carbonyl (C=O) groups excluding carboxylic acids is 1. The molecule has 2 rings (SSSR count). The van der Waals surface area contributed by atoms with E-state index in [0.29, 0.717) is 34.4 Å². The molecule has 0 radical (unpaired) electrons. The molecule has 0 heterocycles. The molecule has 0 saturated carbocycles. The monoisotopic (exact) mass is 363 g/mol. The predicted molar refractivity (Wildman–Crippen MR) is 98.0 cm³/mol. The van der Waals surface area contributed by atoms with Gasteiger partial charge in [-0.05, 0) is 55.3 Å². The molecular formula is C19H19ClFNO3. The van der Waals surface area contributed by atoms with Crippen LogP contribution in [-0.4, -0.2) is 19.6 Å². The molecule has 0 aromatic heterocycles. The van der Waals surface area contributed by atoms with Crippen molar-refractivity contribution in [2.45, 2.75) is 13.8 Å². The molecule has 0 bridgehead atoms. The molecule has 0 aliphatic carbocycles. The van der Waals surface area contributed by atoms with E-state index in [1.165, 1.54) is 25.3 Å². The first-order chi connectivity index (χ1) is 11.9. The zero-order valence-electron chi connectivity index (χ0n) is 14.2. The van der Waals surface area contributed by atoms with Gasteiger partial charge in [-0.1, -0.05) is 17.7 Å². The second kappa shape index (κ2) is 8.53. The number of halogens is 2. The Morgan fingerprint density at radius 3 is 2.76 bits per heavy atom. The molecule has 1 amide bonds. The molecule has 25 heavy (non-hydrogen) atoms. The maximum absolute atomic E-state index is 13.3. The maximum atomic E-state index is 13.3. The quantitative estimate of drug-likeness (QED) is 0.746. The number of benzene rings is 2. The molecule has 132 valence electrons. The van der Waals surface area contributed by atoms with E-state index in [-0.39, 0.29) is 5.91 Å². The fourth-order valence-electron chi connectivity index (χ4n) is 2.20. The van der Waals surface area contributed by atoms with Gasteiger partial charge in [-0.3, -0.25) is 4.79 Å². The highest BCUT2D eigenvalue weighted by Gasteiger charge is 2.11. The van der Waals surface area contributed by atoms with Crippen LogP contribution in [0.4, 0.5) is 10.1 Å². The summed E-state index contributed by atoms with van der Waals surface area (Å²) in [6.07, 6.45) is 2.93. The Kier molecular flexibility index (Phi) is 6.42. The molecule has 0 saturated heterocycles. The molecule has 0 spiro atoms. The standard InChI is InChI=1S/C19H19ClFNO3/c1-4-25-19-15(20)9-13(10-17(19)24-3)6-8-18(23)22-16-11-14(21)7-5-12(16)2/h5-11H,4H2,1-3H3,(H,22,23)/b8-6+. The van der Waals surface area contributed by atoms with E-state index in [4.69, 9.17) is 21.1 Å². The SMILES string of the molecule is CCOc1c(Cl)cc(/C=C/C(=O)Nc2cc(F)ccc2C)cc1OC. The Morgan fingerprint density at radius 2 is 2.08 bits per heavy atom. The third-order valence-corrected chi connectivity index (χ3v) is 3.71. The van der Waals surface area contributed by atoms with Crippen LogP contribution in [0.3, 0.4) is 0 Å². The van der Waals surface area contributed by atoms with Crippen LogP contribution in [0.5, 0.6) is 11.5 Å². The minimum absolute atomic E-state index is 0.377. The van der Waals surface area contributed by atoms with Gasteiger partial charge < -0.3 is 14.8 Å². The lowest BCUT2D eigenvalue weighted by atomic mass is 10.1. The number of rotatable bonds is 6. The first-order valence-corrected chi connectivity index (χ1v) is 8.08. The van der Waals surface area contributed by atoms with Gasteiger partial charge in [0.15, 0.2) is 11.5 Å². The first-order valence-electron chi connectivity index (χ1n) is 7.70. The Morgan fingerprint density at radius 1 is 1.32 bits per heavy atom. The highest BCUT2D eigenvalue weighted by Crippen LogP contribution is 2.36. The number of methoxy groups -OCH3 is 1. The van der Waals surface area contributed by atoms with E-state index in [9.17, 15) is 9.18 Å². The summed E-state index contributed by atoms with van der Waals surface area (Å²) in [6, 6.07) is 7.61. The topological polar surface area (TPSA) is 47.6 Å². The molecular weight excluding hydrogens is 345 g/mol. The summed E-state index contributed by atoms with van der Waals surface area (Å²) in [6.45, 7) is 4.10. The molecule has 6 heteroatoms. The number of ether oxygens (including phenoxy) is 2. The second-order valence-corrected chi connectivity index (χ2v) is 5.66. The minimum Gasteiger partial charge on any atom is -0.493 e. The van der Waals surface area contributed by atoms with Gasteiger partial charge >= 0.3 is 0 Å². The lowest BCUT2D eigenvalue weighted by Gasteiger charge is -2.12. The van der Waals surface area contributed by atoms with Crippen molar-refractivity contribution >= 4 is 29.3 Å². The van der Waals surface area contributed by atoms with Crippen molar-refractivity contribution in [2.24, 2.45) is 0 Å². The van der Waals surface area contributed by atoms with Gasteiger partial charge in [0.25, 0.3) is 0 Å². The van der Waals surface area contributed by atoms with Gasteiger partial charge in [-0.15, -0.1) is 0 Å².